The fourth-order valence-electron chi connectivity index (χ4n) is 0.529. The summed E-state index contributed by atoms with van der Waals surface area (Å²) in [6, 6.07) is 2.05. The van der Waals surface area contributed by atoms with E-state index in [0.717, 1.165) is 6.42 Å². The van der Waals surface area contributed by atoms with Crippen LogP contribution in [0.15, 0.2) is 0 Å². The average molecular weight is 154 g/mol. The molecule has 0 aliphatic rings. The van der Waals surface area contributed by atoms with Crippen LogP contribution in [0.5, 0.6) is 0 Å². The van der Waals surface area contributed by atoms with E-state index in [2.05, 4.69) is 5.32 Å². The van der Waals surface area contributed by atoms with E-state index in [1.54, 1.807) is 6.92 Å². The van der Waals surface area contributed by atoms with Gasteiger partial charge in [-0.25, -0.2) is 0 Å². The number of amides is 1. The lowest BCUT2D eigenvalue weighted by atomic mass is 10.1. The second-order valence-corrected chi connectivity index (χ2v) is 2.67. The Morgan fingerprint density at radius 1 is 1.64 bits per heavy atom. The molecule has 0 radical (unpaired) electrons. The molecule has 0 fully saturated rings. The summed E-state index contributed by atoms with van der Waals surface area (Å²) in [7, 11) is 0. The molecule has 0 aromatic carbocycles. The number of rotatable bonds is 3. The fraction of sp³-hybridized carbons (Fsp3) is 0.750. The third-order valence-electron chi connectivity index (χ3n) is 1.59. The predicted octanol–water partition coefficient (Wildman–Crippen LogP) is 1.06. The van der Waals surface area contributed by atoms with Crippen LogP contribution in [0, 0.1) is 17.2 Å². The second-order valence-electron chi connectivity index (χ2n) is 2.67. The van der Waals surface area contributed by atoms with Crippen LogP contribution in [-0.2, 0) is 4.79 Å². The molecule has 0 spiro atoms. The summed E-state index contributed by atoms with van der Waals surface area (Å²) in [6.45, 7) is 5.50. The monoisotopic (exact) mass is 154 g/mol. The number of carbonyl (C=O) groups excluding carboxylic acids is 1. The van der Waals surface area contributed by atoms with Gasteiger partial charge in [-0.05, 0) is 20.3 Å². The first-order valence-electron chi connectivity index (χ1n) is 3.81. The summed E-state index contributed by atoms with van der Waals surface area (Å²) >= 11 is 0. The maximum absolute atomic E-state index is 11.0. The minimum Gasteiger partial charge on any atom is -0.353 e. The van der Waals surface area contributed by atoms with Crippen LogP contribution in [0.25, 0.3) is 0 Å². The standard InChI is InChI=1S/C8H14N2O/c1-4-7(3)10-8(11)6(2)5-9/h6-7H,4H2,1-3H3,(H,10,11). The van der Waals surface area contributed by atoms with E-state index in [1.807, 2.05) is 19.9 Å². The molecule has 0 bridgehead atoms. The first-order valence-corrected chi connectivity index (χ1v) is 3.81. The highest BCUT2D eigenvalue weighted by molar-refractivity contribution is 5.80. The van der Waals surface area contributed by atoms with Crippen LogP contribution in [0.2, 0.25) is 0 Å². The maximum atomic E-state index is 11.0. The van der Waals surface area contributed by atoms with Gasteiger partial charge in [-0.15, -0.1) is 0 Å². The Labute approximate surface area is 67.4 Å². The van der Waals surface area contributed by atoms with Gasteiger partial charge in [0.05, 0.1) is 6.07 Å². The molecule has 3 nitrogen and oxygen atoms in total. The fourth-order valence-corrected chi connectivity index (χ4v) is 0.529. The summed E-state index contributed by atoms with van der Waals surface area (Å²) in [6.07, 6.45) is 0.893. The maximum Gasteiger partial charge on any atom is 0.237 e. The van der Waals surface area contributed by atoms with Crippen molar-refractivity contribution in [1.82, 2.24) is 5.32 Å². The Hall–Kier alpha value is -1.04. The Balaban J connectivity index is 3.80. The molecule has 2 atom stereocenters. The van der Waals surface area contributed by atoms with Gasteiger partial charge in [0.25, 0.3) is 0 Å². The van der Waals surface area contributed by atoms with E-state index in [4.69, 9.17) is 5.26 Å². The molecule has 62 valence electrons. The van der Waals surface area contributed by atoms with Crippen LogP contribution in [0.3, 0.4) is 0 Å². The van der Waals surface area contributed by atoms with Crippen molar-refractivity contribution in [3.05, 3.63) is 0 Å². The zero-order valence-electron chi connectivity index (χ0n) is 7.22. The number of hydrogen-bond acceptors (Lipinski definition) is 2. The molecule has 1 N–H and O–H groups in total. The van der Waals surface area contributed by atoms with Crippen LogP contribution < -0.4 is 5.32 Å². The highest BCUT2D eigenvalue weighted by atomic mass is 16.1. The zero-order valence-corrected chi connectivity index (χ0v) is 7.22. The molecule has 1 amide bonds. The van der Waals surface area contributed by atoms with Crippen molar-refractivity contribution in [3.63, 3.8) is 0 Å². The quantitative estimate of drug-likeness (QED) is 0.660. The van der Waals surface area contributed by atoms with Crippen LogP contribution in [0.4, 0.5) is 0 Å². The highest BCUT2D eigenvalue weighted by Crippen LogP contribution is 1.94. The first kappa shape index (κ1) is 9.96. The largest absolute Gasteiger partial charge is 0.353 e. The molecule has 0 aromatic heterocycles. The molecule has 0 aliphatic carbocycles. The van der Waals surface area contributed by atoms with Gasteiger partial charge in [-0.1, -0.05) is 6.92 Å². The topological polar surface area (TPSA) is 52.9 Å². The number of hydrogen-bond donors (Lipinski definition) is 1. The van der Waals surface area contributed by atoms with Gasteiger partial charge in [0.15, 0.2) is 0 Å². The van der Waals surface area contributed by atoms with Crippen molar-refractivity contribution >= 4 is 5.91 Å². The minimum atomic E-state index is -0.538. The predicted molar refractivity (Wildman–Crippen MR) is 42.7 cm³/mol. The number of nitrogens with zero attached hydrogens (tertiary/aromatic N) is 1. The molecule has 0 saturated carbocycles. The Kier molecular flexibility index (Phi) is 4.28. The van der Waals surface area contributed by atoms with Gasteiger partial charge >= 0.3 is 0 Å². The highest BCUT2D eigenvalue weighted by Gasteiger charge is 2.12. The Bertz CT molecular complexity index is 171. The van der Waals surface area contributed by atoms with Crippen LogP contribution >= 0.6 is 0 Å². The molecule has 3 heteroatoms. The van der Waals surface area contributed by atoms with Gasteiger partial charge < -0.3 is 5.32 Å². The molecule has 0 heterocycles. The molecular formula is C8H14N2O. The number of carbonyl (C=O) groups is 1. The van der Waals surface area contributed by atoms with Gasteiger partial charge in [0, 0.05) is 6.04 Å². The third kappa shape index (κ3) is 3.61. The SMILES string of the molecule is CCC(C)NC(=O)C(C)C#N. The first-order chi connectivity index (χ1) is 5.11. The van der Waals surface area contributed by atoms with Gasteiger partial charge in [0.2, 0.25) is 5.91 Å². The van der Waals surface area contributed by atoms with E-state index in [-0.39, 0.29) is 11.9 Å². The van der Waals surface area contributed by atoms with Crippen molar-refractivity contribution in [3.8, 4) is 6.07 Å². The lowest BCUT2D eigenvalue weighted by Gasteiger charge is -2.11. The summed E-state index contributed by atoms with van der Waals surface area (Å²) in [5.74, 6) is -0.717. The van der Waals surface area contributed by atoms with E-state index >= 15 is 0 Å². The van der Waals surface area contributed by atoms with Crippen molar-refractivity contribution in [2.45, 2.75) is 33.2 Å². The third-order valence-corrected chi connectivity index (χ3v) is 1.59. The van der Waals surface area contributed by atoms with E-state index < -0.39 is 5.92 Å². The molecule has 0 saturated heterocycles. The summed E-state index contributed by atoms with van der Waals surface area (Å²) in [4.78, 5) is 11.0. The smallest absolute Gasteiger partial charge is 0.237 e. The van der Waals surface area contributed by atoms with Crippen molar-refractivity contribution in [2.75, 3.05) is 0 Å². The van der Waals surface area contributed by atoms with Crippen molar-refractivity contribution < 1.29 is 4.79 Å². The van der Waals surface area contributed by atoms with E-state index in [9.17, 15) is 4.79 Å². The zero-order chi connectivity index (χ0) is 8.85. The van der Waals surface area contributed by atoms with Crippen molar-refractivity contribution in [1.29, 1.82) is 5.26 Å². The molecule has 0 aromatic rings. The minimum absolute atomic E-state index is 0.165. The van der Waals surface area contributed by atoms with Gasteiger partial charge in [-0.3, -0.25) is 4.79 Å². The number of nitriles is 1. The van der Waals surface area contributed by atoms with Crippen molar-refractivity contribution in [2.24, 2.45) is 5.92 Å². The molecule has 11 heavy (non-hydrogen) atoms. The molecular weight excluding hydrogens is 140 g/mol. The van der Waals surface area contributed by atoms with Crippen LogP contribution in [0.1, 0.15) is 27.2 Å². The average Bonchev–Trinajstić information content (AvgIpc) is 2.02. The van der Waals surface area contributed by atoms with Gasteiger partial charge in [-0.2, -0.15) is 5.26 Å². The summed E-state index contributed by atoms with van der Waals surface area (Å²) in [5, 5.41) is 11.1. The molecule has 0 aliphatic heterocycles. The Morgan fingerprint density at radius 2 is 2.18 bits per heavy atom. The molecule has 2 unspecified atom stereocenters. The Morgan fingerprint density at radius 3 is 2.55 bits per heavy atom. The van der Waals surface area contributed by atoms with E-state index in [0.29, 0.717) is 0 Å². The second kappa shape index (κ2) is 4.73. The molecule has 0 rings (SSSR count). The van der Waals surface area contributed by atoms with Crippen LogP contribution in [-0.4, -0.2) is 11.9 Å². The summed E-state index contributed by atoms with van der Waals surface area (Å²) < 4.78 is 0. The van der Waals surface area contributed by atoms with Gasteiger partial charge in [0.1, 0.15) is 5.92 Å². The van der Waals surface area contributed by atoms with E-state index in [1.165, 1.54) is 0 Å². The normalized spacial score (nSPS) is 14.7. The summed E-state index contributed by atoms with van der Waals surface area (Å²) in [5.41, 5.74) is 0. The lowest BCUT2D eigenvalue weighted by molar-refractivity contribution is -0.123. The lowest BCUT2D eigenvalue weighted by Crippen LogP contribution is -2.35. The number of nitrogens with one attached hydrogen (secondary N) is 1.